The van der Waals surface area contributed by atoms with Crippen LogP contribution in [0.2, 0.25) is 0 Å². The van der Waals surface area contributed by atoms with Crippen molar-refractivity contribution in [2.75, 3.05) is 19.6 Å². The number of hydrogen-bond donors (Lipinski definition) is 1. The van der Waals surface area contributed by atoms with Crippen LogP contribution in [0, 0.1) is 0 Å². The Hall–Kier alpha value is -0.830. The maximum atomic E-state index is 11.8. The molecular weight excluding hydrogens is 212 g/mol. The molecule has 1 amide bonds. The molecule has 0 aromatic rings. The van der Waals surface area contributed by atoms with E-state index in [1.54, 1.807) is 0 Å². The van der Waals surface area contributed by atoms with E-state index < -0.39 is 0 Å². The molecule has 0 spiro atoms. The molecule has 1 aliphatic rings. The summed E-state index contributed by atoms with van der Waals surface area (Å²) >= 11 is 0. The van der Waals surface area contributed by atoms with E-state index >= 15 is 0 Å². The molecule has 1 heterocycles. The van der Waals surface area contributed by atoms with Gasteiger partial charge in [-0.1, -0.05) is 19.9 Å². The van der Waals surface area contributed by atoms with Gasteiger partial charge in [0.25, 0.3) is 0 Å². The summed E-state index contributed by atoms with van der Waals surface area (Å²) < 4.78 is 0. The SMILES string of the molecule is CCC=C(C)C(=O)NCC(CC)N1CCCC1. The summed E-state index contributed by atoms with van der Waals surface area (Å²) in [4.78, 5) is 14.3. The Kier molecular flexibility index (Phi) is 6.27. The largest absolute Gasteiger partial charge is 0.351 e. The summed E-state index contributed by atoms with van der Waals surface area (Å²) in [6.07, 6.45) is 6.62. The predicted octanol–water partition coefficient (Wildman–Crippen LogP) is 2.33. The van der Waals surface area contributed by atoms with E-state index in [1.165, 1.54) is 25.9 Å². The molecule has 98 valence electrons. The predicted molar refractivity (Wildman–Crippen MR) is 71.9 cm³/mol. The third-order valence-electron chi connectivity index (χ3n) is 3.50. The monoisotopic (exact) mass is 238 g/mol. The van der Waals surface area contributed by atoms with E-state index in [9.17, 15) is 4.79 Å². The molecule has 1 saturated heterocycles. The molecule has 3 nitrogen and oxygen atoms in total. The van der Waals surface area contributed by atoms with Crippen molar-refractivity contribution in [2.45, 2.75) is 52.5 Å². The molecule has 1 atom stereocenters. The first-order valence-corrected chi connectivity index (χ1v) is 6.88. The van der Waals surface area contributed by atoms with Crippen LogP contribution in [0.25, 0.3) is 0 Å². The molecule has 1 fully saturated rings. The van der Waals surface area contributed by atoms with Gasteiger partial charge >= 0.3 is 0 Å². The van der Waals surface area contributed by atoms with Crippen LogP contribution in [0.1, 0.15) is 46.5 Å². The zero-order valence-electron chi connectivity index (χ0n) is 11.5. The maximum absolute atomic E-state index is 11.8. The highest BCUT2D eigenvalue weighted by molar-refractivity contribution is 5.92. The molecule has 0 radical (unpaired) electrons. The topological polar surface area (TPSA) is 32.3 Å². The van der Waals surface area contributed by atoms with Crippen LogP contribution >= 0.6 is 0 Å². The van der Waals surface area contributed by atoms with Crippen LogP contribution in [0.4, 0.5) is 0 Å². The van der Waals surface area contributed by atoms with E-state index in [0.29, 0.717) is 6.04 Å². The summed E-state index contributed by atoms with van der Waals surface area (Å²) in [5.74, 6) is 0.0875. The lowest BCUT2D eigenvalue weighted by Gasteiger charge is -2.26. The lowest BCUT2D eigenvalue weighted by Crippen LogP contribution is -2.42. The molecule has 1 aliphatic heterocycles. The molecule has 17 heavy (non-hydrogen) atoms. The standard InChI is InChI=1S/C14H26N2O/c1-4-8-12(3)14(17)15-11-13(5-2)16-9-6-7-10-16/h8,13H,4-7,9-11H2,1-3H3,(H,15,17). The van der Waals surface area contributed by atoms with Crippen molar-refractivity contribution in [3.05, 3.63) is 11.6 Å². The fourth-order valence-corrected chi connectivity index (χ4v) is 2.39. The Morgan fingerprint density at radius 2 is 2.00 bits per heavy atom. The summed E-state index contributed by atoms with van der Waals surface area (Å²) in [6.45, 7) is 9.30. The van der Waals surface area contributed by atoms with Crippen molar-refractivity contribution in [1.29, 1.82) is 0 Å². The van der Waals surface area contributed by atoms with Crippen LogP contribution in [0.3, 0.4) is 0 Å². The number of likely N-dealkylation sites (tertiary alicyclic amines) is 1. The van der Waals surface area contributed by atoms with Gasteiger partial charge in [-0.25, -0.2) is 0 Å². The number of rotatable bonds is 6. The highest BCUT2D eigenvalue weighted by Crippen LogP contribution is 2.13. The van der Waals surface area contributed by atoms with Crippen molar-refractivity contribution >= 4 is 5.91 Å². The van der Waals surface area contributed by atoms with Gasteiger partial charge in [0.2, 0.25) is 5.91 Å². The van der Waals surface area contributed by atoms with Crippen molar-refractivity contribution in [2.24, 2.45) is 0 Å². The zero-order chi connectivity index (χ0) is 12.7. The van der Waals surface area contributed by atoms with Crippen LogP contribution in [-0.2, 0) is 4.79 Å². The Morgan fingerprint density at radius 1 is 1.35 bits per heavy atom. The summed E-state index contributed by atoms with van der Waals surface area (Å²) in [6, 6.07) is 0.510. The summed E-state index contributed by atoms with van der Waals surface area (Å²) in [5.41, 5.74) is 0.837. The van der Waals surface area contributed by atoms with Crippen molar-refractivity contribution in [1.82, 2.24) is 10.2 Å². The summed E-state index contributed by atoms with van der Waals surface area (Å²) in [7, 11) is 0. The number of carbonyl (C=O) groups is 1. The van der Waals surface area contributed by atoms with Crippen molar-refractivity contribution in [3.63, 3.8) is 0 Å². The second kappa shape index (κ2) is 7.49. The minimum Gasteiger partial charge on any atom is -0.351 e. The lowest BCUT2D eigenvalue weighted by molar-refractivity contribution is -0.117. The lowest BCUT2D eigenvalue weighted by atomic mass is 10.2. The Morgan fingerprint density at radius 3 is 2.53 bits per heavy atom. The fourth-order valence-electron chi connectivity index (χ4n) is 2.39. The van der Waals surface area contributed by atoms with Crippen LogP contribution in [-0.4, -0.2) is 36.5 Å². The van der Waals surface area contributed by atoms with E-state index in [1.807, 2.05) is 13.0 Å². The number of carbonyl (C=O) groups excluding carboxylic acids is 1. The third-order valence-corrected chi connectivity index (χ3v) is 3.50. The summed E-state index contributed by atoms with van der Waals surface area (Å²) in [5, 5.41) is 3.05. The van der Waals surface area contributed by atoms with Crippen LogP contribution < -0.4 is 5.32 Å². The maximum Gasteiger partial charge on any atom is 0.246 e. The molecule has 0 aliphatic carbocycles. The minimum atomic E-state index is 0.0875. The Labute approximate surface area is 105 Å². The quantitative estimate of drug-likeness (QED) is 0.720. The van der Waals surface area contributed by atoms with Crippen LogP contribution in [0.5, 0.6) is 0 Å². The molecule has 1 N–H and O–H groups in total. The first kappa shape index (κ1) is 14.2. The van der Waals surface area contributed by atoms with Gasteiger partial charge in [-0.2, -0.15) is 0 Å². The Bertz CT molecular complexity index is 267. The van der Waals surface area contributed by atoms with Gasteiger partial charge < -0.3 is 5.32 Å². The zero-order valence-corrected chi connectivity index (χ0v) is 11.5. The van der Waals surface area contributed by atoms with Gasteiger partial charge in [-0.3, -0.25) is 9.69 Å². The van der Waals surface area contributed by atoms with Crippen molar-refractivity contribution in [3.8, 4) is 0 Å². The molecule has 0 aromatic carbocycles. The highest BCUT2D eigenvalue weighted by atomic mass is 16.1. The molecule has 0 aromatic heterocycles. The van der Waals surface area contributed by atoms with Gasteiger partial charge in [-0.15, -0.1) is 0 Å². The van der Waals surface area contributed by atoms with Gasteiger partial charge in [0.1, 0.15) is 0 Å². The molecule has 0 bridgehead atoms. The molecule has 0 saturated carbocycles. The number of nitrogens with zero attached hydrogens (tertiary/aromatic N) is 1. The molecule has 1 rings (SSSR count). The molecular formula is C14H26N2O. The first-order chi connectivity index (χ1) is 8.19. The number of nitrogens with one attached hydrogen (secondary N) is 1. The number of amides is 1. The van der Waals surface area contributed by atoms with Gasteiger partial charge in [-0.05, 0) is 45.7 Å². The second-order valence-corrected chi connectivity index (χ2v) is 4.81. The number of allylic oxidation sites excluding steroid dienone is 1. The fraction of sp³-hybridized carbons (Fsp3) is 0.786. The van der Waals surface area contributed by atoms with E-state index in [0.717, 1.165) is 25.0 Å². The smallest absolute Gasteiger partial charge is 0.246 e. The second-order valence-electron chi connectivity index (χ2n) is 4.81. The van der Waals surface area contributed by atoms with Gasteiger partial charge in [0, 0.05) is 18.2 Å². The average Bonchev–Trinajstić information content (AvgIpc) is 2.83. The van der Waals surface area contributed by atoms with Crippen LogP contribution in [0.15, 0.2) is 11.6 Å². The molecule has 1 unspecified atom stereocenters. The van der Waals surface area contributed by atoms with E-state index in [-0.39, 0.29) is 5.91 Å². The molecule has 3 heteroatoms. The van der Waals surface area contributed by atoms with E-state index in [4.69, 9.17) is 0 Å². The normalized spacial score (nSPS) is 19.4. The van der Waals surface area contributed by atoms with E-state index in [2.05, 4.69) is 24.1 Å². The van der Waals surface area contributed by atoms with Crippen molar-refractivity contribution < 1.29 is 4.79 Å². The number of hydrogen-bond acceptors (Lipinski definition) is 2. The van der Waals surface area contributed by atoms with Gasteiger partial charge in [0.05, 0.1) is 0 Å². The third kappa shape index (κ3) is 4.50. The average molecular weight is 238 g/mol. The first-order valence-electron chi connectivity index (χ1n) is 6.88. The minimum absolute atomic E-state index is 0.0875. The Balaban J connectivity index is 2.36. The highest BCUT2D eigenvalue weighted by Gasteiger charge is 2.20. The van der Waals surface area contributed by atoms with Gasteiger partial charge in [0.15, 0.2) is 0 Å².